The summed E-state index contributed by atoms with van der Waals surface area (Å²) < 4.78 is 6.12. The van der Waals surface area contributed by atoms with Crippen LogP contribution >= 0.6 is 0 Å². The molecular weight excluding hydrogens is 242 g/mol. The van der Waals surface area contributed by atoms with Gasteiger partial charge in [0.25, 0.3) is 0 Å². The minimum Gasteiger partial charge on any atom is -0.369 e. The van der Waals surface area contributed by atoms with Gasteiger partial charge in [-0.1, -0.05) is 13.3 Å². The van der Waals surface area contributed by atoms with Crippen LogP contribution in [-0.2, 0) is 4.74 Å². The molecule has 19 heavy (non-hydrogen) atoms. The molecule has 0 aliphatic carbocycles. The third-order valence-corrected chi connectivity index (χ3v) is 4.10. The van der Waals surface area contributed by atoms with Gasteiger partial charge in [0.15, 0.2) is 0 Å². The monoisotopic (exact) mass is 269 g/mol. The summed E-state index contributed by atoms with van der Waals surface area (Å²) in [6.07, 6.45) is 4.31. The Hall–Kier alpha value is -0.810. The van der Waals surface area contributed by atoms with Crippen LogP contribution in [0.4, 0.5) is 4.79 Å². The number of urea groups is 1. The molecule has 0 aromatic rings. The van der Waals surface area contributed by atoms with Crippen molar-refractivity contribution in [3.8, 4) is 0 Å². The fourth-order valence-corrected chi connectivity index (χ4v) is 2.91. The number of carbonyl (C=O) groups is 1. The number of nitrogens with zero attached hydrogens (tertiary/aromatic N) is 1. The van der Waals surface area contributed by atoms with E-state index in [4.69, 9.17) is 4.74 Å². The lowest BCUT2D eigenvalue weighted by Gasteiger charge is -2.46. The summed E-state index contributed by atoms with van der Waals surface area (Å²) in [5.74, 6) is 0. The fraction of sp³-hybridized carbons (Fsp3) is 0.929. The number of piperidine rings is 1. The standard InChI is InChI=1S/C14H27N3O2/c1-3-4-7-16-13(18)17-8-5-14(6-9-17)11-15-10-12(2)19-14/h12,15H,3-11H2,1-2H3,(H,16,18). The smallest absolute Gasteiger partial charge is 0.317 e. The maximum absolute atomic E-state index is 12.0. The highest BCUT2D eigenvalue weighted by molar-refractivity contribution is 5.74. The molecule has 5 nitrogen and oxygen atoms in total. The summed E-state index contributed by atoms with van der Waals surface area (Å²) in [6, 6.07) is 0.0834. The lowest BCUT2D eigenvalue weighted by Crippen LogP contribution is -2.59. The van der Waals surface area contributed by atoms with Gasteiger partial charge in [0.2, 0.25) is 0 Å². The van der Waals surface area contributed by atoms with Crippen LogP contribution in [-0.4, -0.2) is 55.4 Å². The van der Waals surface area contributed by atoms with E-state index in [0.29, 0.717) is 0 Å². The molecule has 2 rings (SSSR count). The predicted molar refractivity (Wildman–Crippen MR) is 75.3 cm³/mol. The van der Waals surface area contributed by atoms with Gasteiger partial charge >= 0.3 is 6.03 Å². The highest BCUT2D eigenvalue weighted by atomic mass is 16.5. The first-order valence-electron chi connectivity index (χ1n) is 7.56. The van der Waals surface area contributed by atoms with Crippen LogP contribution < -0.4 is 10.6 Å². The number of likely N-dealkylation sites (tertiary alicyclic amines) is 1. The number of ether oxygens (including phenoxy) is 1. The topological polar surface area (TPSA) is 53.6 Å². The van der Waals surface area contributed by atoms with Crippen molar-refractivity contribution in [2.75, 3.05) is 32.7 Å². The minimum absolute atomic E-state index is 0.0438. The van der Waals surface area contributed by atoms with Crippen molar-refractivity contribution < 1.29 is 9.53 Å². The lowest BCUT2D eigenvalue weighted by molar-refractivity contribution is -0.131. The predicted octanol–water partition coefficient (Wildman–Crippen LogP) is 1.34. The SMILES string of the molecule is CCCCNC(=O)N1CCC2(CC1)CNCC(C)O2. The van der Waals surface area contributed by atoms with Gasteiger partial charge in [-0.2, -0.15) is 0 Å². The molecule has 2 N–H and O–H groups in total. The second-order valence-corrected chi connectivity index (χ2v) is 5.81. The Labute approximate surface area is 116 Å². The number of nitrogens with one attached hydrogen (secondary N) is 2. The van der Waals surface area contributed by atoms with Crippen LogP contribution in [0.1, 0.15) is 39.5 Å². The highest BCUT2D eigenvalue weighted by Crippen LogP contribution is 2.29. The molecule has 2 amide bonds. The van der Waals surface area contributed by atoms with E-state index >= 15 is 0 Å². The van der Waals surface area contributed by atoms with Crippen molar-refractivity contribution in [2.45, 2.75) is 51.2 Å². The molecule has 2 saturated heterocycles. The second-order valence-electron chi connectivity index (χ2n) is 5.81. The summed E-state index contributed by atoms with van der Waals surface area (Å²) in [5, 5.41) is 6.42. The third kappa shape index (κ3) is 3.83. The molecule has 110 valence electrons. The maximum atomic E-state index is 12.0. The fourth-order valence-electron chi connectivity index (χ4n) is 2.91. The van der Waals surface area contributed by atoms with E-state index in [2.05, 4.69) is 24.5 Å². The van der Waals surface area contributed by atoms with Crippen LogP contribution in [0.3, 0.4) is 0 Å². The van der Waals surface area contributed by atoms with Gasteiger partial charge in [0, 0.05) is 32.7 Å². The zero-order chi connectivity index (χ0) is 13.7. The Bertz CT molecular complexity index is 301. The molecular formula is C14H27N3O2. The second kappa shape index (κ2) is 6.57. The Balaban J connectivity index is 1.77. The van der Waals surface area contributed by atoms with Crippen molar-refractivity contribution in [3.05, 3.63) is 0 Å². The highest BCUT2D eigenvalue weighted by Gasteiger charge is 2.39. The third-order valence-electron chi connectivity index (χ3n) is 4.10. The van der Waals surface area contributed by atoms with E-state index in [1.165, 1.54) is 0 Å². The van der Waals surface area contributed by atoms with Gasteiger partial charge in [-0.05, 0) is 26.2 Å². The average Bonchev–Trinajstić information content (AvgIpc) is 2.39. The van der Waals surface area contributed by atoms with Crippen LogP contribution in [0.2, 0.25) is 0 Å². The Kier molecular flexibility index (Phi) is 5.05. The molecule has 0 aromatic heterocycles. The molecule has 2 fully saturated rings. The molecule has 0 radical (unpaired) electrons. The molecule has 1 atom stereocenters. The number of amides is 2. The van der Waals surface area contributed by atoms with Gasteiger partial charge in [-0.15, -0.1) is 0 Å². The van der Waals surface area contributed by atoms with E-state index in [1.807, 2.05) is 4.90 Å². The molecule has 0 bridgehead atoms. The number of carbonyl (C=O) groups excluding carboxylic acids is 1. The minimum atomic E-state index is -0.0438. The van der Waals surface area contributed by atoms with Gasteiger partial charge in [0.1, 0.15) is 0 Å². The van der Waals surface area contributed by atoms with Gasteiger partial charge in [-0.3, -0.25) is 0 Å². The Morgan fingerprint density at radius 2 is 2.21 bits per heavy atom. The summed E-state index contributed by atoms with van der Waals surface area (Å²) in [7, 11) is 0. The number of rotatable bonds is 3. The maximum Gasteiger partial charge on any atom is 0.317 e. The van der Waals surface area contributed by atoms with Crippen molar-refractivity contribution in [1.82, 2.24) is 15.5 Å². The number of morpholine rings is 1. The molecule has 1 unspecified atom stereocenters. The Morgan fingerprint density at radius 3 is 2.84 bits per heavy atom. The summed E-state index contributed by atoms with van der Waals surface area (Å²) >= 11 is 0. The van der Waals surface area contributed by atoms with Crippen LogP contribution in [0.5, 0.6) is 0 Å². The number of unbranched alkanes of at least 4 members (excludes halogenated alkanes) is 1. The summed E-state index contributed by atoms with van der Waals surface area (Å²) in [5.41, 5.74) is -0.0438. The van der Waals surface area contributed by atoms with Gasteiger partial charge < -0.3 is 20.3 Å². The van der Waals surface area contributed by atoms with Crippen LogP contribution in [0.15, 0.2) is 0 Å². The zero-order valence-corrected chi connectivity index (χ0v) is 12.2. The molecule has 1 spiro atoms. The molecule has 5 heteroatoms. The first-order valence-corrected chi connectivity index (χ1v) is 7.56. The summed E-state index contributed by atoms with van der Waals surface area (Å²) in [6.45, 7) is 8.47. The molecule has 0 aromatic carbocycles. The van der Waals surface area contributed by atoms with Crippen molar-refractivity contribution >= 4 is 6.03 Å². The van der Waals surface area contributed by atoms with Crippen LogP contribution in [0, 0.1) is 0 Å². The quantitative estimate of drug-likeness (QED) is 0.760. The van der Waals surface area contributed by atoms with E-state index in [-0.39, 0.29) is 17.7 Å². The molecule has 2 heterocycles. The summed E-state index contributed by atoms with van der Waals surface area (Å²) in [4.78, 5) is 13.9. The largest absolute Gasteiger partial charge is 0.369 e. The van der Waals surface area contributed by atoms with E-state index < -0.39 is 0 Å². The van der Waals surface area contributed by atoms with Gasteiger partial charge in [0.05, 0.1) is 11.7 Å². The number of hydrogen-bond donors (Lipinski definition) is 2. The normalized spacial score (nSPS) is 26.4. The molecule has 2 aliphatic rings. The van der Waals surface area contributed by atoms with E-state index in [1.54, 1.807) is 0 Å². The Morgan fingerprint density at radius 1 is 1.47 bits per heavy atom. The van der Waals surface area contributed by atoms with E-state index in [9.17, 15) is 4.79 Å². The zero-order valence-electron chi connectivity index (χ0n) is 12.2. The van der Waals surface area contributed by atoms with Crippen molar-refractivity contribution in [1.29, 1.82) is 0 Å². The van der Waals surface area contributed by atoms with Crippen molar-refractivity contribution in [3.63, 3.8) is 0 Å². The van der Waals surface area contributed by atoms with E-state index in [0.717, 1.165) is 58.4 Å². The number of hydrogen-bond acceptors (Lipinski definition) is 3. The molecule has 2 aliphatic heterocycles. The average molecular weight is 269 g/mol. The van der Waals surface area contributed by atoms with Gasteiger partial charge in [-0.25, -0.2) is 4.79 Å². The van der Waals surface area contributed by atoms with Crippen LogP contribution in [0.25, 0.3) is 0 Å². The first-order chi connectivity index (χ1) is 9.15. The van der Waals surface area contributed by atoms with Crippen molar-refractivity contribution in [2.24, 2.45) is 0 Å². The molecule has 0 saturated carbocycles. The first kappa shape index (κ1) is 14.6. The lowest BCUT2D eigenvalue weighted by atomic mass is 9.89.